The minimum atomic E-state index is -4.60. The average molecular weight is 558 g/mol. The lowest BCUT2D eigenvalue weighted by Crippen LogP contribution is -2.56. The Morgan fingerprint density at radius 1 is 0.929 bits per heavy atom. The number of H-pyrrole nitrogens is 1. The fraction of sp³-hybridized carbons (Fsp3) is 0.125. The van der Waals surface area contributed by atoms with Crippen LogP contribution >= 0.6 is 0 Å². The summed E-state index contributed by atoms with van der Waals surface area (Å²) in [5.74, 6) is 0.552. The SMILES string of the molecule is [C-]#[N+]c1ccc2c(c1)c1cc(C#N)ccc1n2-c1cccc(B(c2cc(C(F)(F)F)n[nH]2)c2c(C)cc(C)cc2C)n1. The molecule has 0 radical (unpaired) electrons. The minimum absolute atomic E-state index is 0.282. The predicted octanol–water partition coefficient (Wildman–Crippen LogP) is 5.78. The van der Waals surface area contributed by atoms with E-state index in [0.717, 1.165) is 50.0 Å². The Labute approximate surface area is 240 Å². The van der Waals surface area contributed by atoms with E-state index in [1.54, 1.807) is 30.3 Å². The molecule has 1 N–H and O–H groups in total. The average Bonchev–Trinajstić information content (AvgIpc) is 3.57. The van der Waals surface area contributed by atoms with E-state index in [0.29, 0.717) is 22.7 Å². The van der Waals surface area contributed by atoms with Crippen LogP contribution in [0.2, 0.25) is 0 Å². The largest absolute Gasteiger partial charge is 0.435 e. The molecule has 3 heterocycles. The first kappa shape index (κ1) is 26.9. The summed E-state index contributed by atoms with van der Waals surface area (Å²) in [6.07, 6.45) is -4.60. The van der Waals surface area contributed by atoms with E-state index in [9.17, 15) is 18.4 Å². The Kier molecular flexibility index (Phi) is 6.35. The third-order valence-electron chi connectivity index (χ3n) is 7.51. The summed E-state index contributed by atoms with van der Waals surface area (Å²) in [6, 6.07) is 23.4. The van der Waals surface area contributed by atoms with Gasteiger partial charge in [0.25, 0.3) is 6.71 Å². The van der Waals surface area contributed by atoms with Crippen molar-refractivity contribution in [3.8, 4) is 11.9 Å². The summed E-state index contributed by atoms with van der Waals surface area (Å²) in [5, 5.41) is 17.4. The van der Waals surface area contributed by atoms with Crippen LogP contribution in [0.25, 0.3) is 32.5 Å². The lowest BCUT2D eigenvalue weighted by atomic mass is 9.38. The second-order valence-corrected chi connectivity index (χ2v) is 10.4. The van der Waals surface area contributed by atoms with Gasteiger partial charge in [0, 0.05) is 16.6 Å². The second kappa shape index (κ2) is 9.93. The number of fused-ring (bicyclic) bond motifs is 3. The van der Waals surface area contributed by atoms with Crippen LogP contribution in [0.3, 0.4) is 0 Å². The number of benzene rings is 3. The molecule has 0 aliphatic carbocycles. The molecule has 0 atom stereocenters. The number of nitrogens with zero attached hydrogens (tertiary/aromatic N) is 5. The van der Waals surface area contributed by atoms with Crippen LogP contribution in [0.5, 0.6) is 0 Å². The molecule has 6 nitrogen and oxygen atoms in total. The van der Waals surface area contributed by atoms with Crippen molar-refractivity contribution >= 4 is 50.9 Å². The fourth-order valence-electron chi connectivity index (χ4n) is 5.86. The Morgan fingerprint density at radius 2 is 1.62 bits per heavy atom. The number of halogens is 3. The molecular weight excluding hydrogens is 536 g/mol. The van der Waals surface area contributed by atoms with E-state index < -0.39 is 18.6 Å². The summed E-state index contributed by atoms with van der Waals surface area (Å²) < 4.78 is 42.7. The zero-order valence-electron chi connectivity index (χ0n) is 22.9. The highest BCUT2D eigenvalue weighted by molar-refractivity contribution is 6.95. The molecule has 42 heavy (non-hydrogen) atoms. The van der Waals surface area contributed by atoms with E-state index in [4.69, 9.17) is 11.6 Å². The lowest BCUT2D eigenvalue weighted by Gasteiger charge is -2.19. The highest BCUT2D eigenvalue weighted by Gasteiger charge is 2.37. The Hall–Kier alpha value is -5.35. The van der Waals surface area contributed by atoms with Gasteiger partial charge in [-0.2, -0.15) is 23.5 Å². The number of hydrogen-bond acceptors (Lipinski definition) is 3. The highest BCUT2D eigenvalue weighted by Crippen LogP contribution is 2.34. The number of alkyl halides is 3. The Balaban J connectivity index is 1.61. The maximum Gasteiger partial charge on any atom is 0.435 e. The number of rotatable bonds is 4. The Morgan fingerprint density at radius 3 is 2.26 bits per heavy atom. The second-order valence-electron chi connectivity index (χ2n) is 10.4. The van der Waals surface area contributed by atoms with E-state index in [-0.39, 0.29) is 5.59 Å². The number of pyridine rings is 1. The summed E-state index contributed by atoms with van der Waals surface area (Å²) in [4.78, 5) is 8.61. The summed E-state index contributed by atoms with van der Waals surface area (Å²) in [5.41, 5.74) is 6.13. The number of nitriles is 1. The first-order valence-electron chi connectivity index (χ1n) is 13.1. The van der Waals surface area contributed by atoms with Crippen LogP contribution in [-0.2, 0) is 6.18 Å². The number of aryl methyl sites for hydroxylation is 3. The third kappa shape index (κ3) is 4.48. The van der Waals surface area contributed by atoms with Crippen LogP contribution in [0.1, 0.15) is 27.9 Å². The van der Waals surface area contributed by atoms with E-state index in [1.165, 1.54) is 0 Å². The normalized spacial score (nSPS) is 11.5. The number of aromatic amines is 1. The smallest absolute Gasteiger partial charge is 0.294 e. The number of hydrogen-bond donors (Lipinski definition) is 1. The molecule has 0 bridgehead atoms. The van der Waals surface area contributed by atoms with Crippen molar-refractivity contribution in [3.63, 3.8) is 0 Å². The molecule has 0 fully saturated rings. The summed E-state index contributed by atoms with van der Waals surface area (Å²) in [7, 11) is 0. The molecule has 204 valence electrons. The van der Waals surface area contributed by atoms with Crippen LogP contribution in [0, 0.1) is 38.7 Å². The molecular formula is C32H22BF3N6. The number of nitrogens with one attached hydrogen (secondary N) is 1. The third-order valence-corrected chi connectivity index (χ3v) is 7.51. The van der Waals surface area contributed by atoms with Crippen LogP contribution in [-0.4, -0.2) is 26.5 Å². The van der Waals surface area contributed by atoms with E-state index in [1.807, 2.05) is 61.7 Å². The van der Waals surface area contributed by atoms with Crippen LogP contribution in [0.4, 0.5) is 18.9 Å². The van der Waals surface area contributed by atoms with Crippen molar-refractivity contribution in [2.24, 2.45) is 0 Å². The van der Waals surface area contributed by atoms with Crippen LogP contribution in [0.15, 0.2) is 72.8 Å². The van der Waals surface area contributed by atoms with Crippen LogP contribution < -0.4 is 16.6 Å². The van der Waals surface area contributed by atoms with Gasteiger partial charge in [0.2, 0.25) is 0 Å². The zero-order valence-corrected chi connectivity index (χ0v) is 22.9. The molecule has 6 rings (SSSR count). The van der Waals surface area contributed by atoms with Crippen molar-refractivity contribution in [3.05, 3.63) is 112 Å². The highest BCUT2D eigenvalue weighted by atomic mass is 19.4. The first-order chi connectivity index (χ1) is 20.1. The topological polar surface area (TPSA) is 74.7 Å². The van der Waals surface area contributed by atoms with Gasteiger partial charge in [-0.25, -0.2) is 9.83 Å². The minimum Gasteiger partial charge on any atom is -0.294 e. The summed E-state index contributed by atoms with van der Waals surface area (Å²) in [6.45, 7) is 12.7. The summed E-state index contributed by atoms with van der Waals surface area (Å²) >= 11 is 0. The molecule has 6 aromatic rings. The molecule has 0 saturated carbocycles. The van der Waals surface area contributed by atoms with Gasteiger partial charge >= 0.3 is 6.18 Å². The molecule has 0 unspecified atom stereocenters. The molecule has 3 aromatic heterocycles. The van der Waals surface area contributed by atoms with Crippen molar-refractivity contribution in [2.45, 2.75) is 26.9 Å². The predicted molar refractivity (Wildman–Crippen MR) is 158 cm³/mol. The molecule has 3 aromatic carbocycles. The van der Waals surface area contributed by atoms with Crippen molar-refractivity contribution in [1.29, 1.82) is 5.26 Å². The molecule has 0 aliphatic rings. The van der Waals surface area contributed by atoms with Crippen molar-refractivity contribution in [2.75, 3.05) is 0 Å². The Bertz CT molecular complexity index is 2020. The van der Waals surface area contributed by atoms with Gasteiger partial charge in [0.05, 0.1) is 29.2 Å². The fourth-order valence-corrected chi connectivity index (χ4v) is 5.86. The number of aromatic nitrogens is 4. The van der Waals surface area contributed by atoms with E-state index in [2.05, 4.69) is 21.1 Å². The lowest BCUT2D eigenvalue weighted by molar-refractivity contribution is -0.141. The molecule has 10 heteroatoms. The molecule has 0 saturated heterocycles. The maximum atomic E-state index is 13.6. The van der Waals surface area contributed by atoms with Gasteiger partial charge in [-0.15, -0.1) is 0 Å². The first-order valence-corrected chi connectivity index (χ1v) is 13.1. The van der Waals surface area contributed by atoms with Gasteiger partial charge < -0.3 is 0 Å². The van der Waals surface area contributed by atoms with Gasteiger partial charge in [0.1, 0.15) is 5.82 Å². The van der Waals surface area contributed by atoms with Gasteiger partial charge in [0.15, 0.2) is 11.4 Å². The van der Waals surface area contributed by atoms with E-state index >= 15 is 0 Å². The van der Waals surface area contributed by atoms with Gasteiger partial charge in [-0.05, 0) is 74.7 Å². The zero-order chi connectivity index (χ0) is 29.8. The standard InChI is InChI=1S/C32H22BF3N6/c1-18-12-19(2)31(20(3)13-18)33(29-16-27(40-41-29)32(34,35)36)28-6-5-7-30(39-28)42-25-10-8-21(17-37)14-23(25)24-15-22(38-4)9-11-26(24)42/h5-16H,1-3H3,(H,40,41). The van der Waals surface area contributed by atoms with Gasteiger partial charge in [-0.3, -0.25) is 9.67 Å². The molecule has 0 aliphatic heterocycles. The van der Waals surface area contributed by atoms with Crippen molar-refractivity contribution in [1.82, 2.24) is 19.7 Å². The monoisotopic (exact) mass is 558 g/mol. The maximum absolute atomic E-state index is 13.6. The van der Waals surface area contributed by atoms with Gasteiger partial charge in [-0.1, -0.05) is 46.4 Å². The molecule has 0 spiro atoms. The molecule has 0 amide bonds. The quantitative estimate of drug-likeness (QED) is 0.220. The van der Waals surface area contributed by atoms with Crippen molar-refractivity contribution < 1.29 is 13.2 Å².